The number of carbonyl (C=O) groups excluding carboxylic acids is 1. The minimum Gasteiger partial charge on any atom is -0.385 e. The van der Waals surface area contributed by atoms with Crippen LogP contribution in [0.5, 0.6) is 0 Å². The molecule has 1 amide bonds. The molecule has 0 aliphatic heterocycles. The summed E-state index contributed by atoms with van der Waals surface area (Å²) in [7, 11) is 0. The second-order valence-electron chi connectivity index (χ2n) is 6.33. The third kappa shape index (κ3) is 5.79. The predicted molar refractivity (Wildman–Crippen MR) is 110 cm³/mol. The van der Waals surface area contributed by atoms with Crippen LogP contribution in [0, 0.1) is 5.82 Å². The van der Waals surface area contributed by atoms with E-state index in [4.69, 9.17) is 11.6 Å². The molecule has 0 aliphatic carbocycles. The molecular formula is C22H21ClFN3O. The van der Waals surface area contributed by atoms with Crippen molar-refractivity contribution in [3.8, 4) is 0 Å². The maximum atomic E-state index is 13.7. The van der Waals surface area contributed by atoms with Crippen molar-refractivity contribution in [1.82, 2.24) is 10.3 Å². The van der Waals surface area contributed by atoms with Gasteiger partial charge in [0.15, 0.2) is 0 Å². The number of halogens is 2. The first-order valence-corrected chi connectivity index (χ1v) is 9.45. The third-order valence-corrected chi connectivity index (χ3v) is 4.50. The van der Waals surface area contributed by atoms with Gasteiger partial charge in [0.25, 0.3) is 5.91 Å². The molecule has 1 aromatic heterocycles. The Hall–Kier alpha value is -2.92. The van der Waals surface area contributed by atoms with Crippen LogP contribution < -0.4 is 10.6 Å². The summed E-state index contributed by atoms with van der Waals surface area (Å²) in [5, 5.41) is 6.74. The Bertz CT molecular complexity index is 948. The molecule has 0 atom stereocenters. The number of nitrogens with zero attached hydrogens (tertiary/aromatic N) is 1. The maximum absolute atomic E-state index is 13.7. The number of hydrogen-bond donors (Lipinski definition) is 2. The van der Waals surface area contributed by atoms with Crippen LogP contribution in [0.2, 0.25) is 5.02 Å². The van der Waals surface area contributed by atoms with Crippen LogP contribution >= 0.6 is 11.6 Å². The largest absolute Gasteiger partial charge is 0.385 e. The molecule has 6 heteroatoms. The molecule has 2 aromatic carbocycles. The summed E-state index contributed by atoms with van der Waals surface area (Å²) in [4.78, 5) is 16.4. The Morgan fingerprint density at radius 3 is 2.68 bits per heavy atom. The van der Waals surface area contributed by atoms with Crippen LogP contribution in [0.1, 0.15) is 21.6 Å². The highest BCUT2D eigenvalue weighted by Gasteiger charge is 2.08. The summed E-state index contributed by atoms with van der Waals surface area (Å²) in [6.45, 7) is 1.05. The first-order valence-electron chi connectivity index (χ1n) is 9.08. The fraction of sp³-hybridized carbons (Fsp3) is 0.182. The van der Waals surface area contributed by atoms with E-state index in [2.05, 4.69) is 15.6 Å². The standard InChI is InChI=1S/C22H21ClFN3O/c23-18-6-3-4-16(14-18)8-11-27-22(28)21-15-19(10-13-26-21)25-12-9-17-5-1-2-7-20(17)24/h1-7,10,13-15H,8-9,11-12H2,(H,25,26)(H,27,28). The van der Waals surface area contributed by atoms with E-state index in [0.717, 1.165) is 11.3 Å². The molecule has 0 fully saturated rings. The number of nitrogens with one attached hydrogen (secondary N) is 2. The summed E-state index contributed by atoms with van der Waals surface area (Å²) < 4.78 is 13.7. The predicted octanol–water partition coefficient (Wildman–Crippen LogP) is 4.50. The smallest absolute Gasteiger partial charge is 0.269 e. The fourth-order valence-corrected chi connectivity index (χ4v) is 3.02. The maximum Gasteiger partial charge on any atom is 0.269 e. The number of amides is 1. The van der Waals surface area contributed by atoms with Crippen LogP contribution in [0.3, 0.4) is 0 Å². The Balaban J connectivity index is 1.49. The molecule has 2 N–H and O–H groups in total. The van der Waals surface area contributed by atoms with Crippen LogP contribution in [-0.2, 0) is 12.8 Å². The lowest BCUT2D eigenvalue weighted by Crippen LogP contribution is -2.26. The van der Waals surface area contributed by atoms with E-state index in [1.165, 1.54) is 6.07 Å². The van der Waals surface area contributed by atoms with Crippen molar-refractivity contribution < 1.29 is 9.18 Å². The van der Waals surface area contributed by atoms with Crippen molar-refractivity contribution in [2.75, 3.05) is 18.4 Å². The molecular weight excluding hydrogens is 377 g/mol. The first-order chi connectivity index (χ1) is 13.6. The number of hydrogen-bond acceptors (Lipinski definition) is 3. The van der Waals surface area contributed by atoms with Gasteiger partial charge in [-0.3, -0.25) is 9.78 Å². The summed E-state index contributed by atoms with van der Waals surface area (Å²) >= 11 is 5.96. The van der Waals surface area contributed by atoms with Gasteiger partial charge in [-0.05, 0) is 54.3 Å². The van der Waals surface area contributed by atoms with Gasteiger partial charge in [-0.25, -0.2) is 4.39 Å². The molecule has 0 spiro atoms. The van der Waals surface area contributed by atoms with E-state index < -0.39 is 0 Å². The van der Waals surface area contributed by atoms with Crippen LogP contribution in [0.4, 0.5) is 10.1 Å². The third-order valence-electron chi connectivity index (χ3n) is 4.26. The highest BCUT2D eigenvalue weighted by Crippen LogP contribution is 2.12. The average molecular weight is 398 g/mol. The van der Waals surface area contributed by atoms with Crippen LogP contribution in [-0.4, -0.2) is 24.0 Å². The first kappa shape index (κ1) is 19.8. The van der Waals surface area contributed by atoms with Gasteiger partial charge in [-0.15, -0.1) is 0 Å². The topological polar surface area (TPSA) is 54.0 Å². The number of aromatic nitrogens is 1. The Morgan fingerprint density at radius 1 is 1.00 bits per heavy atom. The normalized spacial score (nSPS) is 10.5. The number of benzene rings is 2. The van der Waals surface area contributed by atoms with Gasteiger partial charge in [-0.1, -0.05) is 41.9 Å². The van der Waals surface area contributed by atoms with Crippen LogP contribution in [0.15, 0.2) is 66.9 Å². The van der Waals surface area contributed by atoms with E-state index >= 15 is 0 Å². The Morgan fingerprint density at radius 2 is 1.86 bits per heavy atom. The van der Waals surface area contributed by atoms with Crippen molar-refractivity contribution in [3.05, 3.63) is 94.5 Å². The van der Waals surface area contributed by atoms with Gasteiger partial charge in [-0.2, -0.15) is 0 Å². The fourth-order valence-electron chi connectivity index (χ4n) is 2.81. The molecule has 0 radical (unpaired) electrons. The second-order valence-corrected chi connectivity index (χ2v) is 6.77. The van der Waals surface area contributed by atoms with Gasteiger partial charge >= 0.3 is 0 Å². The number of rotatable bonds is 8. The SMILES string of the molecule is O=C(NCCc1cccc(Cl)c1)c1cc(NCCc2ccccc2F)ccn1. The zero-order chi connectivity index (χ0) is 19.8. The molecule has 3 rings (SSSR count). The molecule has 0 unspecified atom stereocenters. The molecule has 4 nitrogen and oxygen atoms in total. The lowest BCUT2D eigenvalue weighted by Gasteiger charge is -2.09. The molecule has 0 aliphatic rings. The van der Waals surface area contributed by atoms with E-state index in [1.54, 1.807) is 30.5 Å². The van der Waals surface area contributed by atoms with Gasteiger partial charge in [0, 0.05) is 30.0 Å². The van der Waals surface area contributed by atoms with Gasteiger partial charge in [0.05, 0.1) is 0 Å². The molecule has 1 heterocycles. The Labute approximate surface area is 168 Å². The summed E-state index contributed by atoms with van der Waals surface area (Å²) in [6, 6.07) is 17.7. The lowest BCUT2D eigenvalue weighted by molar-refractivity contribution is 0.0949. The highest BCUT2D eigenvalue weighted by atomic mass is 35.5. The lowest BCUT2D eigenvalue weighted by atomic mass is 10.1. The molecule has 28 heavy (non-hydrogen) atoms. The number of anilines is 1. The number of pyridine rings is 1. The zero-order valence-corrected chi connectivity index (χ0v) is 16.0. The monoisotopic (exact) mass is 397 g/mol. The van der Waals surface area contributed by atoms with Crippen molar-refractivity contribution in [2.24, 2.45) is 0 Å². The van der Waals surface area contributed by atoms with Crippen molar-refractivity contribution >= 4 is 23.2 Å². The second kappa shape index (κ2) is 9.85. The summed E-state index contributed by atoms with van der Waals surface area (Å²) in [5.41, 5.74) is 2.82. The zero-order valence-electron chi connectivity index (χ0n) is 15.3. The van der Waals surface area contributed by atoms with E-state index in [0.29, 0.717) is 42.2 Å². The average Bonchev–Trinajstić information content (AvgIpc) is 2.70. The number of carbonyl (C=O) groups is 1. The quantitative estimate of drug-likeness (QED) is 0.588. The van der Waals surface area contributed by atoms with Gasteiger partial charge in [0.2, 0.25) is 0 Å². The van der Waals surface area contributed by atoms with Crippen LogP contribution in [0.25, 0.3) is 0 Å². The van der Waals surface area contributed by atoms with Crippen molar-refractivity contribution in [2.45, 2.75) is 12.8 Å². The molecule has 0 bridgehead atoms. The Kier molecular flexibility index (Phi) is 6.98. The van der Waals surface area contributed by atoms with Crippen molar-refractivity contribution in [1.29, 1.82) is 0 Å². The summed E-state index contributed by atoms with van der Waals surface area (Å²) in [5.74, 6) is -0.446. The molecule has 3 aromatic rings. The minimum atomic E-state index is -0.236. The highest BCUT2D eigenvalue weighted by molar-refractivity contribution is 6.30. The van der Waals surface area contributed by atoms with Gasteiger partial charge < -0.3 is 10.6 Å². The molecule has 0 saturated heterocycles. The minimum absolute atomic E-state index is 0.209. The van der Waals surface area contributed by atoms with E-state index in [1.807, 2.05) is 30.3 Å². The summed E-state index contributed by atoms with van der Waals surface area (Å²) in [6.07, 6.45) is 2.82. The van der Waals surface area contributed by atoms with Crippen molar-refractivity contribution in [3.63, 3.8) is 0 Å². The van der Waals surface area contributed by atoms with Gasteiger partial charge in [0.1, 0.15) is 11.5 Å². The van der Waals surface area contributed by atoms with E-state index in [9.17, 15) is 9.18 Å². The molecule has 144 valence electrons. The van der Waals surface area contributed by atoms with E-state index in [-0.39, 0.29) is 11.7 Å². The molecule has 0 saturated carbocycles.